The average Bonchev–Trinajstić information content (AvgIpc) is 2.31. The molecule has 0 radical (unpaired) electrons. The molecule has 0 saturated heterocycles. The van der Waals surface area contributed by atoms with E-state index in [9.17, 15) is 4.79 Å². The Morgan fingerprint density at radius 2 is 1.56 bits per heavy atom. The van der Waals surface area contributed by atoms with E-state index in [2.05, 4.69) is 53.1 Å². The number of rotatable bonds is 2. The van der Waals surface area contributed by atoms with Crippen LogP contribution in [0.5, 0.6) is 0 Å². The van der Waals surface area contributed by atoms with E-state index in [0.29, 0.717) is 5.56 Å². The SMILES string of the molecule is O=C(Nc1ccccc1Br)c1cc(Br)cc(Br)c1. The minimum Gasteiger partial charge on any atom is -0.321 e. The van der Waals surface area contributed by atoms with E-state index in [-0.39, 0.29) is 5.91 Å². The van der Waals surface area contributed by atoms with Crippen molar-refractivity contribution in [2.45, 2.75) is 0 Å². The lowest BCUT2D eigenvalue weighted by atomic mass is 10.2. The molecule has 5 heteroatoms. The monoisotopic (exact) mass is 431 g/mol. The van der Waals surface area contributed by atoms with Crippen molar-refractivity contribution in [3.63, 3.8) is 0 Å². The zero-order valence-electron chi connectivity index (χ0n) is 9.08. The van der Waals surface area contributed by atoms with Crippen LogP contribution in [0.4, 0.5) is 5.69 Å². The Morgan fingerprint density at radius 3 is 2.17 bits per heavy atom. The minimum absolute atomic E-state index is 0.149. The summed E-state index contributed by atoms with van der Waals surface area (Å²) >= 11 is 10.1. The van der Waals surface area contributed by atoms with Crippen LogP contribution in [0.1, 0.15) is 10.4 Å². The molecule has 0 fully saturated rings. The Labute approximate surface area is 130 Å². The van der Waals surface area contributed by atoms with Crippen molar-refractivity contribution in [1.82, 2.24) is 0 Å². The van der Waals surface area contributed by atoms with Gasteiger partial charge in [0, 0.05) is 19.0 Å². The zero-order valence-corrected chi connectivity index (χ0v) is 13.8. The summed E-state index contributed by atoms with van der Waals surface area (Å²) in [6.07, 6.45) is 0. The Morgan fingerprint density at radius 1 is 0.944 bits per heavy atom. The number of anilines is 1. The first kappa shape index (κ1) is 13.8. The van der Waals surface area contributed by atoms with Crippen LogP contribution in [-0.4, -0.2) is 5.91 Å². The van der Waals surface area contributed by atoms with Gasteiger partial charge in [-0.15, -0.1) is 0 Å². The van der Waals surface area contributed by atoms with Gasteiger partial charge in [0.1, 0.15) is 0 Å². The first-order valence-electron chi connectivity index (χ1n) is 5.08. The van der Waals surface area contributed by atoms with Crippen molar-refractivity contribution in [1.29, 1.82) is 0 Å². The highest BCUT2D eigenvalue weighted by Gasteiger charge is 2.09. The van der Waals surface area contributed by atoms with Gasteiger partial charge in [-0.3, -0.25) is 4.79 Å². The van der Waals surface area contributed by atoms with Crippen LogP contribution in [0, 0.1) is 0 Å². The lowest BCUT2D eigenvalue weighted by molar-refractivity contribution is 0.102. The quantitative estimate of drug-likeness (QED) is 0.690. The zero-order chi connectivity index (χ0) is 13.1. The Kier molecular flexibility index (Phi) is 4.59. The summed E-state index contributed by atoms with van der Waals surface area (Å²) in [6.45, 7) is 0. The van der Waals surface area contributed by atoms with Gasteiger partial charge in [-0.05, 0) is 46.3 Å². The molecule has 0 aliphatic heterocycles. The molecule has 0 aliphatic rings. The van der Waals surface area contributed by atoms with Crippen LogP contribution in [0.3, 0.4) is 0 Å². The van der Waals surface area contributed by atoms with Crippen molar-refractivity contribution >= 4 is 59.4 Å². The predicted molar refractivity (Wildman–Crippen MR) is 83.9 cm³/mol. The number of carbonyl (C=O) groups excluding carboxylic acids is 1. The molecule has 1 N–H and O–H groups in total. The third kappa shape index (κ3) is 3.43. The fourth-order valence-corrected chi connectivity index (χ4v) is 3.12. The largest absolute Gasteiger partial charge is 0.321 e. The summed E-state index contributed by atoms with van der Waals surface area (Å²) in [5.74, 6) is -0.149. The summed E-state index contributed by atoms with van der Waals surface area (Å²) in [5, 5.41) is 2.85. The third-order valence-electron chi connectivity index (χ3n) is 2.25. The number of carbonyl (C=O) groups is 1. The number of hydrogen-bond donors (Lipinski definition) is 1. The van der Waals surface area contributed by atoms with Crippen LogP contribution in [-0.2, 0) is 0 Å². The lowest BCUT2D eigenvalue weighted by Crippen LogP contribution is -2.12. The highest BCUT2D eigenvalue weighted by Crippen LogP contribution is 2.24. The van der Waals surface area contributed by atoms with E-state index in [1.54, 1.807) is 12.1 Å². The van der Waals surface area contributed by atoms with Crippen LogP contribution in [0.15, 0.2) is 55.9 Å². The molecule has 92 valence electrons. The maximum Gasteiger partial charge on any atom is 0.255 e. The molecule has 2 aromatic rings. The van der Waals surface area contributed by atoms with Crippen molar-refractivity contribution in [3.8, 4) is 0 Å². The van der Waals surface area contributed by atoms with Crippen LogP contribution >= 0.6 is 47.8 Å². The maximum atomic E-state index is 12.1. The van der Waals surface area contributed by atoms with Gasteiger partial charge in [-0.2, -0.15) is 0 Å². The van der Waals surface area contributed by atoms with Gasteiger partial charge >= 0.3 is 0 Å². The molecule has 0 aromatic heterocycles. The van der Waals surface area contributed by atoms with E-state index in [1.807, 2.05) is 30.3 Å². The standard InChI is InChI=1S/C13H8Br3NO/c14-9-5-8(6-10(15)7-9)13(18)17-12-4-2-1-3-11(12)16/h1-7H,(H,17,18). The molecule has 0 bridgehead atoms. The number of halogens is 3. The first-order chi connectivity index (χ1) is 8.56. The molecule has 0 unspecified atom stereocenters. The average molecular weight is 434 g/mol. The Bertz CT molecular complexity index is 578. The molecule has 2 rings (SSSR count). The third-order valence-corrected chi connectivity index (χ3v) is 3.85. The minimum atomic E-state index is -0.149. The smallest absolute Gasteiger partial charge is 0.255 e. The molecule has 2 nitrogen and oxygen atoms in total. The summed E-state index contributed by atoms with van der Waals surface area (Å²) in [7, 11) is 0. The summed E-state index contributed by atoms with van der Waals surface area (Å²) < 4.78 is 2.57. The lowest BCUT2D eigenvalue weighted by Gasteiger charge is -2.07. The second-order valence-corrected chi connectivity index (χ2v) is 6.28. The molecular formula is C13H8Br3NO. The molecule has 2 aromatic carbocycles. The molecular weight excluding hydrogens is 426 g/mol. The Hall–Kier alpha value is -0.650. The van der Waals surface area contributed by atoms with Gasteiger partial charge in [-0.25, -0.2) is 0 Å². The number of amides is 1. The van der Waals surface area contributed by atoms with E-state index in [0.717, 1.165) is 19.1 Å². The molecule has 1 amide bonds. The van der Waals surface area contributed by atoms with Gasteiger partial charge in [0.15, 0.2) is 0 Å². The van der Waals surface area contributed by atoms with Crippen molar-refractivity contribution in [2.75, 3.05) is 5.32 Å². The number of hydrogen-bond acceptors (Lipinski definition) is 1. The second-order valence-electron chi connectivity index (χ2n) is 3.59. The highest BCUT2D eigenvalue weighted by molar-refractivity contribution is 9.11. The van der Waals surface area contributed by atoms with E-state index in [1.165, 1.54) is 0 Å². The van der Waals surface area contributed by atoms with Crippen LogP contribution in [0.25, 0.3) is 0 Å². The molecule has 18 heavy (non-hydrogen) atoms. The summed E-state index contributed by atoms with van der Waals surface area (Å²) in [4.78, 5) is 12.1. The molecule has 0 atom stereocenters. The van der Waals surface area contributed by atoms with Gasteiger partial charge in [0.25, 0.3) is 5.91 Å². The van der Waals surface area contributed by atoms with Gasteiger partial charge < -0.3 is 5.32 Å². The molecule has 0 aliphatic carbocycles. The van der Waals surface area contributed by atoms with Crippen molar-refractivity contribution in [3.05, 3.63) is 61.4 Å². The fourth-order valence-electron chi connectivity index (χ4n) is 1.44. The van der Waals surface area contributed by atoms with Gasteiger partial charge in [0.05, 0.1) is 5.69 Å². The van der Waals surface area contributed by atoms with Crippen molar-refractivity contribution in [2.24, 2.45) is 0 Å². The molecule has 0 heterocycles. The van der Waals surface area contributed by atoms with Crippen LogP contribution < -0.4 is 5.32 Å². The molecule has 0 saturated carbocycles. The number of benzene rings is 2. The fraction of sp³-hybridized carbons (Fsp3) is 0. The summed E-state index contributed by atoms with van der Waals surface area (Å²) in [5.41, 5.74) is 1.34. The Balaban J connectivity index is 2.25. The molecule has 0 spiro atoms. The van der Waals surface area contributed by atoms with E-state index < -0.39 is 0 Å². The van der Waals surface area contributed by atoms with Gasteiger partial charge in [-0.1, -0.05) is 44.0 Å². The van der Waals surface area contributed by atoms with E-state index in [4.69, 9.17) is 0 Å². The normalized spacial score (nSPS) is 10.2. The number of nitrogens with one attached hydrogen (secondary N) is 1. The highest BCUT2D eigenvalue weighted by atomic mass is 79.9. The van der Waals surface area contributed by atoms with Crippen molar-refractivity contribution < 1.29 is 4.79 Å². The predicted octanol–water partition coefficient (Wildman–Crippen LogP) is 5.23. The topological polar surface area (TPSA) is 29.1 Å². The second kappa shape index (κ2) is 5.99. The number of para-hydroxylation sites is 1. The van der Waals surface area contributed by atoms with Crippen LogP contribution in [0.2, 0.25) is 0 Å². The maximum absolute atomic E-state index is 12.1. The van der Waals surface area contributed by atoms with Gasteiger partial charge in [0.2, 0.25) is 0 Å². The van der Waals surface area contributed by atoms with E-state index >= 15 is 0 Å². The first-order valence-corrected chi connectivity index (χ1v) is 7.46. The summed E-state index contributed by atoms with van der Waals surface area (Å²) in [6, 6.07) is 12.9.